The van der Waals surface area contributed by atoms with E-state index >= 15 is 8.78 Å². The molecule has 0 heterocycles. The summed E-state index contributed by atoms with van der Waals surface area (Å²) in [6.45, 7) is 7.14. The van der Waals surface area contributed by atoms with Crippen LogP contribution < -0.4 is 0 Å². The van der Waals surface area contributed by atoms with E-state index in [4.69, 9.17) is 9.84 Å². The Kier molecular flexibility index (Phi) is 12.3. The Morgan fingerprint density at radius 1 is 0.714 bits per heavy atom. The Morgan fingerprint density at radius 2 is 1.34 bits per heavy atom. The lowest BCUT2D eigenvalue weighted by Crippen LogP contribution is -2.43. The molecule has 0 bridgehead atoms. The molecule has 3 fully saturated rings. The number of halogens is 2. The molecule has 3 aliphatic carbocycles. The van der Waals surface area contributed by atoms with Gasteiger partial charge < -0.3 is 9.84 Å². The maximum absolute atomic E-state index is 15.2. The van der Waals surface area contributed by atoms with Crippen molar-refractivity contribution in [2.75, 3.05) is 6.61 Å². The fourth-order valence-corrected chi connectivity index (χ4v) is 8.30. The molecule has 3 saturated carbocycles. The summed E-state index contributed by atoms with van der Waals surface area (Å²) in [6, 6.07) is 0. The zero-order valence-corrected chi connectivity index (χ0v) is 23.2. The average Bonchev–Trinajstić information content (AvgIpc) is 2.87. The van der Waals surface area contributed by atoms with E-state index in [1.807, 2.05) is 0 Å². The van der Waals surface area contributed by atoms with E-state index < -0.39 is 12.0 Å². The first-order valence-corrected chi connectivity index (χ1v) is 15.6. The topological polar surface area (TPSA) is 29.5 Å². The zero-order chi connectivity index (χ0) is 25.3. The molecule has 0 aromatic carbocycles. The van der Waals surface area contributed by atoms with Crippen LogP contribution in [-0.2, 0) is 4.74 Å². The Bertz CT molecular complexity index is 574. The maximum atomic E-state index is 15.2. The van der Waals surface area contributed by atoms with Crippen LogP contribution in [0.4, 0.5) is 8.78 Å². The second-order valence-corrected chi connectivity index (χ2v) is 12.5. The van der Waals surface area contributed by atoms with Gasteiger partial charge in [0.05, 0.1) is 12.0 Å². The molecule has 6 unspecified atom stereocenters. The van der Waals surface area contributed by atoms with Gasteiger partial charge in [-0.2, -0.15) is 8.78 Å². The first-order chi connectivity index (χ1) is 16.9. The van der Waals surface area contributed by atoms with Crippen molar-refractivity contribution in [3.05, 3.63) is 0 Å². The highest BCUT2D eigenvalue weighted by molar-refractivity contribution is 4.91. The van der Waals surface area contributed by atoms with Crippen LogP contribution in [0.2, 0.25) is 0 Å². The summed E-state index contributed by atoms with van der Waals surface area (Å²) < 4.78 is 36.0. The van der Waals surface area contributed by atoms with E-state index in [0.717, 1.165) is 75.5 Å². The molecule has 206 valence electrons. The van der Waals surface area contributed by atoms with E-state index in [-0.39, 0.29) is 6.10 Å². The van der Waals surface area contributed by atoms with Crippen molar-refractivity contribution in [2.24, 2.45) is 41.4 Å². The number of rotatable bonds is 13. The van der Waals surface area contributed by atoms with Crippen molar-refractivity contribution in [1.82, 2.24) is 0 Å². The maximum Gasteiger partial charge on any atom is 0.358 e. The second kappa shape index (κ2) is 14.6. The fourth-order valence-electron chi connectivity index (χ4n) is 8.30. The molecular weight excluding hydrogens is 442 g/mol. The smallest absolute Gasteiger partial charge is 0.358 e. The number of aliphatic hydroxyl groups excluding tert-OH is 1. The van der Waals surface area contributed by atoms with Crippen molar-refractivity contribution in [1.29, 1.82) is 0 Å². The largest absolute Gasteiger partial charge is 0.396 e. The van der Waals surface area contributed by atoms with E-state index in [2.05, 4.69) is 20.8 Å². The third-order valence-corrected chi connectivity index (χ3v) is 10.4. The Morgan fingerprint density at radius 3 is 1.97 bits per heavy atom. The van der Waals surface area contributed by atoms with E-state index in [1.165, 1.54) is 44.9 Å². The first kappa shape index (κ1) is 29.3. The highest BCUT2D eigenvalue weighted by atomic mass is 19.3. The molecule has 6 atom stereocenters. The van der Waals surface area contributed by atoms with E-state index in [0.29, 0.717) is 37.2 Å². The minimum absolute atomic E-state index is 0.262. The Labute approximate surface area is 215 Å². The summed E-state index contributed by atoms with van der Waals surface area (Å²) in [4.78, 5) is 0. The number of hydrogen-bond acceptors (Lipinski definition) is 2. The molecule has 0 aliphatic heterocycles. The SMILES string of the molecule is CCCC1CCC(C(F)(F)OC2CCC(C3CCC(CCCCCO)CC3CC)C(CC)C2)CC1. The van der Waals surface area contributed by atoms with Crippen molar-refractivity contribution >= 4 is 0 Å². The van der Waals surface area contributed by atoms with Gasteiger partial charge in [-0.15, -0.1) is 0 Å². The van der Waals surface area contributed by atoms with Gasteiger partial charge in [0, 0.05) is 6.61 Å². The third kappa shape index (κ3) is 8.39. The highest BCUT2D eigenvalue weighted by Gasteiger charge is 2.47. The summed E-state index contributed by atoms with van der Waals surface area (Å²) in [5.41, 5.74) is 0. The minimum Gasteiger partial charge on any atom is -0.396 e. The van der Waals surface area contributed by atoms with Crippen molar-refractivity contribution in [3.8, 4) is 0 Å². The van der Waals surface area contributed by atoms with Crippen LogP contribution >= 0.6 is 0 Å². The number of unbranched alkanes of at least 4 members (excludes halogenated alkanes) is 2. The first-order valence-electron chi connectivity index (χ1n) is 15.6. The van der Waals surface area contributed by atoms with E-state index in [9.17, 15) is 0 Å². The predicted molar refractivity (Wildman–Crippen MR) is 141 cm³/mol. The average molecular weight is 499 g/mol. The summed E-state index contributed by atoms with van der Waals surface area (Å²) in [5, 5.41) is 9.03. The van der Waals surface area contributed by atoms with Crippen LogP contribution in [0.25, 0.3) is 0 Å². The monoisotopic (exact) mass is 498 g/mol. The van der Waals surface area contributed by atoms with Gasteiger partial charge >= 0.3 is 6.11 Å². The van der Waals surface area contributed by atoms with Gasteiger partial charge in [-0.05, 0) is 99.7 Å². The van der Waals surface area contributed by atoms with Crippen LogP contribution in [0.1, 0.15) is 136 Å². The molecule has 1 N–H and O–H groups in total. The second-order valence-electron chi connectivity index (χ2n) is 12.5. The van der Waals surface area contributed by atoms with E-state index in [1.54, 1.807) is 0 Å². The molecule has 2 nitrogen and oxygen atoms in total. The van der Waals surface area contributed by atoms with Crippen LogP contribution in [0.5, 0.6) is 0 Å². The summed E-state index contributed by atoms with van der Waals surface area (Å²) in [7, 11) is 0. The van der Waals surface area contributed by atoms with Gasteiger partial charge in [0.15, 0.2) is 0 Å². The molecular formula is C31H56F2O2. The van der Waals surface area contributed by atoms with Crippen molar-refractivity contribution in [3.63, 3.8) is 0 Å². The normalized spacial score (nSPS) is 36.9. The molecule has 3 aliphatic rings. The van der Waals surface area contributed by atoms with Crippen LogP contribution in [0.15, 0.2) is 0 Å². The number of alkyl halides is 2. The van der Waals surface area contributed by atoms with Gasteiger partial charge in [0.2, 0.25) is 0 Å². The molecule has 4 heteroatoms. The molecule has 0 radical (unpaired) electrons. The quantitative estimate of drug-likeness (QED) is 0.256. The molecule has 0 saturated heterocycles. The lowest BCUT2D eigenvalue weighted by molar-refractivity contribution is -0.304. The van der Waals surface area contributed by atoms with Crippen molar-refractivity contribution in [2.45, 2.75) is 149 Å². The molecule has 3 rings (SSSR count). The Hall–Kier alpha value is -0.220. The van der Waals surface area contributed by atoms with Gasteiger partial charge in [0.25, 0.3) is 0 Å². The van der Waals surface area contributed by atoms with Gasteiger partial charge in [-0.3, -0.25) is 0 Å². The van der Waals surface area contributed by atoms with Gasteiger partial charge in [-0.1, -0.05) is 72.1 Å². The zero-order valence-electron chi connectivity index (χ0n) is 23.2. The van der Waals surface area contributed by atoms with Crippen LogP contribution in [-0.4, -0.2) is 23.9 Å². The van der Waals surface area contributed by atoms with Crippen molar-refractivity contribution < 1.29 is 18.6 Å². The minimum atomic E-state index is -2.95. The standard InChI is InChI=1S/C31H56F2O2/c1-4-10-23-12-15-27(16-13-23)31(32,33)35-28-17-19-30(26(6-3)22-28)29-18-14-24(21-25(29)5-2)11-8-7-9-20-34/h23-30,34H,4-22H2,1-3H3. The van der Waals surface area contributed by atoms with Gasteiger partial charge in [-0.25, -0.2) is 0 Å². The summed E-state index contributed by atoms with van der Waals surface area (Å²) >= 11 is 0. The molecule has 0 aromatic heterocycles. The predicted octanol–water partition coefficient (Wildman–Crippen LogP) is 9.39. The Balaban J connectivity index is 1.49. The third-order valence-electron chi connectivity index (χ3n) is 10.4. The number of hydrogen-bond donors (Lipinski definition) is 1. The highest BCUT2D eigenvalue weighted by Crippen LogP contribution is 2.50. The van der Waals surface area contributed by atoms with Crippen LogP contribution in [0, 0.1) is 41.4 Å². The molecule has 0 aromatic rings. The number of ether oxygens (including phenoxy) is 1. The van der Waals surface area contributed by atoms with Gasteiger partial charge in [0.1, 0.15) is 0 Å². The molecule has 0 amide bonds. The fraction of sp³-hybridized carbons (Fsp3) is 1.00. The molecule has 0 spiro atoms. The number of aliphatic hydroxyl groups is 1. The molecule has 35 heavy (non-hydrogen) atoms. The lowest BCUT2D eigenvalue weighted by Gasteiger charge is -2.47. The summed E-state index contributed by atoms with van der Waals surface area (Å²) in [6.07, 6.45) is 16.0. The summed E-state index contributed by atoms with van der Waals surface area (Å²) in [5.74, 6) is 3.71. The lowest BCUT2D eigenvalue weighted by atomic mass is 9.60. The van der Waals surface area contributed by atoms with Crippen LogP contribution in [0.3, 0.4) is 0 Å².